The third-order valence-electron chi connectivity index (χ3n) is 14.8. The van der Waals surface area contributed by atoms with Crippen molar-refractivity contribution in [1.29, 1.82) is 0 Å². The van der Waals surface area contributed by atoms with Crippen LogP contribution in [-0.2, 0) is 36.8 Å². The molecule has 32 nitrogen and oxygen atoms in total. The molecule has 0 bridgehead atoms. The number of pyridine rings is 3. The first kappa shape index (κ1) is 91.9. The van der Waals surface area contributed by atoms with Crippen LogP contribution in [-0.4, -0.2) is 241 Å². The van der Waals surface area contributed by atoms with Gasteiger partial charge in [-0.25, -0.2) is 24.9 Å². The topological polar surface area (TPSA) is 533 Å². The van der Waals surface area contributed by atoms with Crippen LogP contribution >= 0.6 is 64.8 Å². The van der Waals surface area contributed by atoms with Gasteiger partial charge >= 0.3 is 0 Å². The highest BCUT2D eigenvalue weighted by atomic mass is 33.1. The van der Waals surface area contributed by atoms with E-state index in [2.05, 4.69) is 66.8 Å². The fourth-order valence-electron chi connectivity index (χ4n) is 8.87. The van der Waals surface area contributed by atoms with Crippen molar-refractivity contribution >= 4 is 146 Å². The van der Waals surface area contributed by atoms with Crippen LogP contribution in [0, 0.1) is 0 Å². The number of aromatic nitrogens is 7. The van der Waals surface area contributed by atoms with Crippen LogP contribution in [0.5, 0.6) is 0 Å². The minimum atomic E-state index is -1.36. The van der Waals surface area contributed by atoms with Gasteiger partial charge in [0.2, 0.25) is 17.7 Å². The SMILES string of the molecule is Nc1ccc(C(=O)NCCCC(=O)NCCSSc2ccccn2)cc1N.O=C(CCCNC(=O)c1ccc2nc(CC(O)C(O)CO)cnc2c1)NCCSSc1ccccn1.O=C(CCCNC(=O)c1ccc2ncc(CC(O)C(O)CO)nc2c1)NCCSSc1ccccn1.O=CC(=O)CC(O)C(O)CO. The van der Waals surface area contributed by atoms with Gasteiger partial charge < -0.3 is 89.3 Å². The Morgan fingerprint density at radius 2 is 0.773 bits per heavy atom. The zero-order valence-corrected chi connectivity index (χ0v) is 64.6. The lowest BCUT2D eigenvalue weighted by atomic mass is 10.1. The zero-order valence-electron chi connectivity index (χ0n) is 59.7. The molecule has 3 aromatic carbocycles. The Bertz CT molecular complexity index is 4130. The molecule has 0 saturated heterocycles. The molecule has 6 amide bonds. The van der Waals surface area contributed by atoms with E-state index in [1.165, 1.54) is 18.5 Å². The monoisotopic (exact) mass is 1630 g/mol. The van der Waals surface area contributed by atoms with Gasteiger partial charge in [-0.2, -0.15) is 0 Å². The number of carbonyl (C=O) groups excluding carboxylic acids is 8. The molecule has 6 atom stereocenters. The molecular weight excluding hydrogens is 1540 g/mol. The van der Waals surface area contributed by atoms with Crippen molar-refractivity contribution in [2.45, 2.75) is 109 Å². The Kier molecular flexibility index (Phi) is 44.5. The van der Waals surface area contributed by atoms with Crippen molar-refractivity contribution in [3.05, 3.63) is 168 Å². The molecule has 5 heterocycles. The number of nitrogens with zero attached hydrogens (tertiary/aromatic N) is 7. The lowest BCUT2D eigenvalue weighted by Crippen LogP contribution is -2.31. The maximum Gasteiger partial charge on any atom is 0.251 e. The predicted octanol–water partition coefficient (Wildman–Crippen LogP) is 2.87. The van der Waals surface area contributed by atoms with Crippen LogP contribution in [0.15, 0.2) is 155 Å². The van der Waals surface area contributed by atoms with Gasteiger partial charge in [0.05, 0.1) is 83.0 Å². The summed E-state index contributed by atoms with van der Waals surface area (Å²) in [6, 6.07) is 31.8. The number of aliphatic hydroxyl groups is 9. The van der Waals surface area contributed by atoms with E-state index < -0.39 is 68.6 Å². The summed E-state index contributed by atoms with van der Waals surface area (Å²) < 4.78 is 0. The van der Waals surface area contributed by atoms with Crippen LogP contribution in [0.2, 0.25) is 0 Å². The first-order chi connectivity index (χ1) is 53.1. The van der Waals surface area contributed by atoms with E-state index in [-0.39, 0.29) is 54.6 Å². The van der Waals surface area contributed by atoms with Gasteiger partial charge in [-0.3, -0.25) is 48.3 Å². The smallest absolute Gasteiger partial charge is 0.251 e. The number of nitrogen functional groups attached to an aromatic ring is 2. The Balaban J connectivity index is 0.000000278. The Hall–Kier alpha value is -8.71. The largest absolute Gasteiger partial charge is 0.397 e. The molecular formula is C72H91N15O17S6. The number of rotatable bonds is 43. The maximum absolute atomic E-state index is 12.5. The number of amides is 6. The molecule has 6 unspecified atom stereocenters. The number of hydrogen-bond acceptors (Lipinski definition) is 32. The molecule has 0 fully saturated rings. The third-order valence-corrected chi connectivity index (χ3v) is 21.6. The van der Waals surface area contributed by atoms with Crippen LogP contribution in [0.4, 0.5) is 11.4 Å². The van der Waals surface area contributed by atoms with Crippen LogP contribution in [0.1, 0.15) is 87.4 Å². The molecule has 0 aliphatic rings. The van der Waals surface area contributed by atoms with E-state index in [0.29, 0.717) is 139 Å². The summed E-state index contributed by atoms with van der Waals surface area (Å²) in [6.45, 7) is 1.13. The molecule has 5 aromatic heterocycles. The summed E-state index contributed by atoms with van der Waals surface area (Å²) >= 11 is 0. The van der Waals surface area contributed by atoms with Crippen molar-refractivity contribution in [3.8, 4) is 0 Å². The van der Waals surface area contributed by atoms with Crippen LogP contribution in [0.3, 0.4) is 0 Å². The Morgan fingerprint density at radius 1 is 0.400 bits per heavy atom. The van der Waals surface area contributed by atoms with Crippen LogP contribution in [0.25, 0.3) is 22.1 Å². The van der Waals surface area contributed by atoms with E-state index in [0.717, 1.165) is 32.3 Å². The normalized spacial score (nSPS) is 12.4. The fraction of sp³-hybridized carbons (Fsp3) is 0.375. The molecule has 8 aromatic rings. The number of ketones is 1. The van der Waals surface area contributed by atoms with Gasteiger partial charge in [-0.05, 0) is 143 Å². The quantitative estimate of drug-likeness (QED) is 0.00859. The first-order valence-electron chi connectivity index (χ1n) is 34.4. The van der Waals surface area contributed by atoms with Gasteiger partial charge in [-0.1, -0.05) is 50.6 Å². The summed E-state index contributed by atoms with van der Waals surface area (Å²) in [5, 5.41) is 102. The van der Waals surface area contributed by atoms with Gasteiger partial charge in [0, 0.05) is 143 Å². The maximum atomic E-state index is 12.5. The standard InChI is InChI=1S/2C24H29N5O5S2.C18H23N5O2S2.C6H10O5/c30-15-21(32)20(31)13-17-14-28-19-12-16(6-7-18(19)29-17)24(34)27-9-3-4-22(33)25-10-11-35-36-23-5-1-2-8-26-23;30-15-21(32)20(31)13-17-14-28-18-7-6-16(12-19(18)29-17)24(34)27-9-3-4-22(33)25-10-11-35-36-23-5-1-2-8-26-23;19-14-7-6-13(12-15(14)20)18(25)23-9-3-4-16(24)21-10-11-26-27-17-5-1-2-8-22-17;7-2-4(9)1-5(10)6(11)3-8/h2*1-2,5-8,12,14,20-21,30-32H,3-4,9-11,13,15H2,(H,25,33)(H,27,34);1-2,5-8,12H,3-4,9-11,19-20H2,(H,21,24)(H,23,25);2,5-6,8,10-11H,1,3H2. The molecule has 592 valence electrons. The van der Waals surface area contributed by atoms with Crippen molar-refractivity contribution < 1.29 is 84.3 Å². The van der Waals surface area contributed by atoms with E-state index in [9.17, 15) is 58.8 Å². The average Bonchev–Trinajstić information content (AvgIpc) is 0.823. The fourth-order valence-corrected chi connectivity index (χ4v) is 14.2. The molecule has 19 N–H and O–H groups in total. The number of aliphatic hydroxyl groups excluding tert-OH is 9. The number of benzene rings is 3. The summed E-state index contributed by atoms with van der Waals surface area (Å²) in [5.74, 6) is 0.590. The van der Waals surface area contributed by atoms with Gasteiger partial charge in [0.15, 0.2) is 12.1 Å². The summed E-state index contributed by atoms with van der Waals surface area (Å²) in [5.41, 5.74) is 16.4. The van der Waals surface area contributed by atoms with Gasteiger partial charge in [0.25, 0.3) is 17.7 Å². The number of hydrogen-bond donors (Lipinski definition) is 17. The highest BCUT2D eigenvalue weighted by Gasteiger charge is 2.21. The number of carbonyl (C=O) groups is 8. The highest BCUT2D eigenvalue weighted by molar-refractivity contribution is 8.77. The Labute approximate surface area is 658 Å². The number of aldehydes is 1. The van der Waals surface area contributed by atoms with Gasteiger partial charge in [0.1, 0.15) is 33.4 Å². The van der Waals surface area contributed by atoms with Crippen molar-refractivity contribution in [3.63, 3.8) is 0 Å². The highest BCUT2D eigenvalue weighted by Crippen LogP contribution is 2.30. The predicted molar refractivity (Wildman–Crippen MR) is 426 cm³/mol. The molecule has 38 heteroatoms. The van der Waals surface area contributed by atoms with E-state index >= 15 is 0 Å². The van der Waals surface area contributed by atoms with E-state index in [1.54, 1.807) is 132 Å². The molecule has 110 heavy (non-hydrogen) atoms. The van der Waals surface area contributed by atoms with Crippen LogP contribution < -0.4 is 43.4 Å². The number of Topliss-reactive ketones (excluding diaryl/α,β-unsaturated/α-hetero) is 1. The van der Waals surface area contributed by atoms with Crippen molar-refractivity contribution in [1.82, 2.24) is 66.8 Å². The number of anilines is 2. The lowest BCUT2D eigenvalue weighted by Gasteiger charge is -2.14. The summed E-state index contributed by atoms with van der Waals surface area (Å²) in [6.07, 6.45) is 2.90. The summed E-state index contributed by atoms with van der Waals surface area (Å²) in [7, 11) is 9.62. The minimum Gasteiger partial charge on any atom is -0.397 e. The van der Waals surface area contributed by atoms with E-state index in [1.807, 2.05) is 54.6 Å². The van der Waals surface area contributed by atoms with Gasteiger partial charge in [-0.15, -0.1) is 0 Å². The van der Waals surface area contributed by atoms with Crippen molar-refractivity contribution in [2.75, 3.05) is 87.8 Å². The number of nitrogens with two attached hydrogens (primary N) is 2. The molecule has 0 aliphatic heterocycles. The van der Waals surface area contributed by atoms with E-state index in [4.69, 9.17) is 37.0 Å². The average molecular weight is 1630 g/mol. The second kappa shape index (κ2) is 53.2. The third kappa shape index (κ3) is 36.9. The molecule has 8 rings (SSSR count). The first-order valence-corrected chi connectivity index (χ1v) is 41.4. The number of fused-ring (bicyclic) bond motifs is 2. The second-order valence-corrected chi connectivity index (χ2v) is 30.8. The second-order valence-electron chi connectivity index (χ2n) is 23.5. The molecule has 0 saturated carbocycles. The zero-order chi connectivity index (χ0) is 79.8. The molecule has 0 spiro atoms. The summed E-state index contributed by atoms with van der Waals surface area (Å²) in [4.78, 5) is 123. The minimum absolute atomic E-state index is 0.0188. The van der Waals surface area contributed by atoms with Crippen molar-refractivity contribution in [2.24, 2.45) is 0 Å². The number of nitrogens with one attached hydrogen (secondary N) is 6. The molecule has 0 radical (unpaired) electrons. The Morgan fingerprint density at radius 3 is 1.16 bits per heavy atom. The molecule has 0 aliphatic carbocycles. The lowest BCUT2D eigenvalue weighted by molar-refractivity contribution is -0.132.